The second-order valence-corrected chi connectivity index (χ2v) is 8.98. The average molecular weight is 420 g/mol. The van der Waals surface area contributed by atoms with Crippen molar-refractivity contribution in [1.82, 2.24) is 20.5 Å². The van der Waals surface area contributed by atoms with E-state index in [4.69, 9.17) is 11.6 Å². The van der Waals surface area contributed by atoms with Crippen molar-refractivity contribution in [2.75, 3.05) is 26.2 Å². The molecule has 1 aliphatic heterocycles. The first kappa shape index (κ1) is 21.1. The lowest BCUT2D eigenvalue weighted by Gasteiger charge is -2.32. The van der Waals surface area contributed by atoms with E-state index in [2.05, 4.69) is 51.5 Å². The molecule has 1 aromatic heterocycles. The van der Waals surface area contributed by atoms with Crippen LogP contribution in [0.25, 0.3) is 0 Å². The Hall–Kier alpha value is -1.63. The molecule has 1 saturated heterocycles. The molecule has 1 aromatic carbocycles. The van der Waals surface area contributed by atoms with Gasteiger partial charge in [0.05, 0.1) is 6.54 Å². The molecule has 2 heterocycles. The Morgan fingerprint density at radius 2 is 2.07 bits per heavy atom. The molecule has 0 radical (unpaired) electrons. The van der Waals surface area contributed by atoms with Crippen LogP contribution < -0.4 is 10.6 Å². The molecule has 28 heavy (non-hydrogen) atoms. The summed E-state index contributed by atoms with van der Waals surface area (Å²) >= 11 is 8.01. The number of rotatable bonds is 7. The number of benzene rings is 1. The van der Waals surface area contributed by atoms with Crippen LogP contribution in [0.3, 0.4) is 0 Å². The molecular weight excluding hydrogens is 390 g/mol. The number of piperidine rings is 1. The zero-order valence-corrected chi connectivity index (χ0v) is 18.3. The maximum atomic E-state index is 6.30. The van der Waals surface area contributed by atoms with Crippen LogP contribution in [0.15, 0.2) is 35.5 Å². The van der Waals surface area contributed by atoms with Crippen LogP contribution >= 0.6 is 22.9 Å². The molecule has 5 nitrogen and oxygen atoms in total. The van der Waals surface area contributed by atoms with Gasteiger partial charge in [-0.2, -0.15) is 0 Å². The van der Waals surface area contributed by atoms with Crippen LogP contribution in [0.2, 0.25) is 5.02 Å². The molecule has 0 amide bonds. The Balaban J connectivity index is 1.43. The number of aliphatic imine (C=N–C) groups is 1. The first-order valence-corrected chi connectivity index (χ1v) is 11.2. The van der Waals surface area contributed by atoms with Gasteiger partial charge < -0.3 is 10.6 Å². The van der Waals surface area contributed by atoms with Crippen molar-refractivity contribution in [3.05, 3.63) is 50.9 Å². The molecule has 2 N–H and O–H groups in total. The summed E-state index contributed by atoms with van der Waals surface area (Å²) < 4.78 is 0. The van der Waals surface area contributed by atoms with Crippen molar-refractivity contribution >= 4 is 28.9 Å². The quantitative estimate of drug-likeness (QED) is 0.524. The fourth-order valence-electron chi connectivity index (χ4n) is 3.42. The highest BCUT2D eigenvalue weighted by Gasteiger charge is 2.20. The molecule has 0 saturated carbocycles. The van der Waals surface area contributed by atoms with Crippen LogP contribution in [0.5, 0.6) is 0 Å². The first-order valence-electron chi connectivity index (χ1n) is 10.0. The van der Waals surface area contributed by atoms with Crippen molar-refractivity contribution < 1.29 is 0 Å². The maximum Gasteiger partial charge on any atom is 0.191 e. The van der Waals surface area contributed by atoms with Gasteiger partial charge in [0.1, 0.15) is 5.01 Å². The topological polar surface area (TPSA) is 52.6 Å². The predicted molar refractivity (Wildman–Crippen MR) is 119 cm³/mol. The minimum absolute atomic E-state index is 0.629. The van der Waals surface area contributed by atoms with Gasteiger partial charge in [-0.05, 0) is 57.3 Å². The first-order chi connectivity index (χ1) is 13.6. The summed E-state index contributed by atoms with van der Waals surface area (Å²) in [6.07, 6.45) is 4.30. The highest BCUT2D eigenvalue weighted by atomic mass is 35.5. The fraction of sp³-hybridized carbons (Fsp3) is 0.524. The molecule has 1 fully saturated rings. The van der Waals surface area contributed by atoms with E-state index in [1.807, 2.05) is 18.3 Å². The van der Waals surface area contributed by atoms with Gasteiger partial charge in [-0.1, -0.05) is 29.8 Å². The van der Waals surface area contributed by atoms with Crippen LogP contribution in [-0.4, -0.2) is 42.0 Å². The van der Waals surface area contributed by atoms with Gasteiger partial charge in [-0.15, -0.1) is 11.3 Å². The Morgan fingerprint density at radius 1 is 1.29 bits per heavy atom. The van der Waals surface area contributed by atoms with E-state index < -0.39 is 0 Å². The standard InChI is InChI=1S/C21H30ClN5S/c1-3-23-21(26-14-20-24-12-16(2)28-20)25-13-17-8-10-27(11-9-17)15-18-6-4-5-7-19(18)22/h4-7,12,17H,3,8-11,13-15H2,1-2H3,(H2,23,25,26). The number of aryl methyl sites for hydroxylation is 1. The van der Waals surface area contributed by atoms with Crippen molar-refractivity contribution in [2.45, 2.75) is 39.8 Å². The zero-order valence-electron chi connectivity index (χ0n) is 16.7. The molecule has 2 aromatic rings. The molecule has 0 spiro atoms. The average Bonchev–Trinajstić information content (AvgIpc) is 3.12. The molecule has 0 unspecified atom stereocenters. The van der Waals surface area contributed by atoms with Gasteiger partial charge in [-0.25, -0.2) is 9.98 Å². The molecule has 0 bridgehead atoms. The van der Waals surface area contributed by atoms with Gasteiger partial charge in [0.25, 0.3) is 0 Å². The third-order valence-corrected chi connectivity index (χ3v) is 6.27. The lowest BCUT2D eigenvalue weighted by molar-refractivity contribution is 0.178. The summed E-state index contributed by atoms with van der Waals surface area (Å²) in [6.45, 7) is 9.79. The van der Waals surface area contributed by atoms with Crippen LogP contribution in [0.4, 0.5) is 0 Å². The van der Waals surface area contributed by atoms with Gasteiger partial charge in [0, 0.05) is 35.7 Å². The summed E-state index contributed by atoms with van der Waals surface area (Å²) in [4.78, 5) is 12.8. The lowest BCUT2D eigenvalue weighted by atomic mass is 9.96. The lowest BCUT2D eigenvalue weighted by Crippen LogP contribution is -2.42. The number of guanidine groups is 1. The Kier molecular flexibility index (Phi) is 8.13. The Bertz CT molecular complexity index is 768. The van der Waals surface area contributed by atoms with E-state index in [-0.39, 0.29) is 0 Å². The summed E-state index contributed by atoms with van der Waals surface area (Å²) in [7, 11) is 0. The third-order valence-electron chi connectivity index (χ3n) is 5.00. The van der Waals surface area contributed by atoms with Crippen molar-refractivity contribution in [3.63, 3.8) is 0 Å². The number of aromatic nitrogens is 1. The maximum absolute atomic E-state index is 6.30. The number of thiazole rings is 1. The minimum Gasteiger partial charge on any atom is -0.357 e. The van der Waals surface area contributed by atoms with E-state index in [0.29, 0.717) is 12.5 Å². The molecule has 152 valence electrons. The summed E-state index contributed by atoms with van der Waals surface area (Å²) in [5, 5.41) is 8.78. The van der Waals surface area contributed by atoms with Crippen molar-refractivity contribution in [3.8, 4) is 0 Å². The third kappa shape index (κ3) is 6.47. The van der Waals surface area contributed by atoms with Crippen molar-refractivity contribution in [1.29, 1.82) is 0 Å². The second kappa shape index (κ2) is 10.8. The van der Waals surface area contributed by atoms with Crippen molar-refractivity contribution in [2.24, 2.45) is 10.9 Å². The number of nitrogens with one attached hydrogen (secondary N) is 2. The van der Waals surface area contributed by atoms with Gasteiger partial charge in [-0.3, -0.25) is 4.90 Å². The molecule has 3 rings (SSSR count). The smallest absolute Gasteiger partial charge is 0.191 e. The molecule has 1 aliphatic rings. The summed E-state index contributed by atoms with van der Waals surface area (Å²) in [6, 6.07) is 8.15. The SMILES string of the molecule is CCNC(=NCc1ncc(C)s1)NCC1CCN(Cc2ccccc2Cl)CC1. The number of nitrogens with zero attached hydrogens (tertiary/aromatic N) is 3. The molecular formula is C21H30ClN5S. The van der Waals surface area contributed by atoms with E-state index in [1.54, 1.807) is 11.3 Å². The van der Waals surface area contributed by atoms with Crippen LogP contribution in [-0.2, 0) is 13.1 Å². The minimum atomic E-state index is 0.629. The fourth-order valence-corrected chi connectivity index (χ4v) is 4.33. The summed E-state index contributed by atoms with van der Waals surface area (Å²) in [5.74, 6) is 1.56. The highest BCUT2D eigenvalue weighted by molar-refractivity contribution is 7.11. The van der Waals surface area contributed by atoms with E-state index in [0.717, 1.165) is 48.7 Å². The van der Waals surface area contributed by atoms with E-state index >= 15 is 0 Å². The van der Waals surface area contributed by atoms with Gasteiger partial charge in [0.15, 0.2) is 5.96 Å². The zero-order chi connectivity index (χ0) is 19.8. The monoisotopic (exact) mass is 419 g/mol. The highest BCUT2D eigenvalue weighted by Crippen LogP contribution is 2.22. The number of hydrogen-bond acceptors (Lipinski definition) is 4. The van der Waals surface area contributed by atoms with Crippen LogP contribution in [0, 0.1) is 12.8 Å². The molecule has 7 heteroatoms. The Labute approximate surface area is 177 Å². The van der Waals surface area contributed by atoms with E-state index in [1.165, 1.54) is 23.3 Å². The van der Waals surface area contributed by atoms with E-state index in [9.17, 15) is 0 Å². The molecule has 0 aliphatic carbocycles. The normalized spacial score (nSPS) is 16.3. The summed E-state index contributed by atoms with van der Waals surface area (Å²) in [5.41, 5.74) is 1.22. The molecule has 0 atom stereocenters. The number of hydrogen-bond donors (Lipinski definition) is 2. The Morgan fingerprint density at radius 3 is 2.75 bits per heavy atom. The number of likely N-dealkylation sites (tertiary alicyclic amines) is 1. The largest absolute Gasteiger partial charge is 0.357 e. The van der Waals surface area contributed by atoms with Gasteiger partial charge in [0.2, 0.25) is 0 Å². The van der Waals surface area contributed by atoms with Crippen LogP contribution in [0.1, 0.15) is 35.2 Å². The van der Waals surface area contributed by atoms with Gasteiger partial charge >= 0.3 is 0 Å². The second-order valence-electron chi connectivity index (χ2n) is 7.25. The number of halogens is 1. The predicted octanol–water partition coefficient (Wildman–Crippen LogP) is 4.07.